The fraction of sp³-hybridized carbons (Fsp3) is 0.333. The van der Waals surface area contributed by atoms with Crippen LogP contribution in [0.2, 0.25) is 10.2 Å². The number of unbranched alkanes of at least 4 members (excludes halogenated alkanes) is 1. The summed E-state index contributed by atoms with van der Waals surface area (Å²) < 4.78 is 6.58. The first kappa shape index (κ1) is 20.7. The normalized spacial score (nSPS) is 10.3. The molecule has 0 saturated carbocycles. The van der Waals surface area contributed by atoms with Crippen molar-refractivity contribution in [1.82, 2.24) is 9.78 Å². The van der Waals surface area contributed by atoms with Crippen LogP contribution in [0.3, 0.4) is 0 Å². The molecule has 0 fully saturated rings. The van der Waals surface area contributed by atoms with Crippen LogP contribution in [0.25, 0.3) is 0 Å². The predicted molar refractivity (Wildman–Crippen MR) is 102 cm³/mol. The summed E-state index contributed by atoms with van der Waals surface area (Å²) in [7, 11) is 0. The van der Waals surface area contributed by atoms with Crippen molar-refractivity contribution in [3.05, 3.63) is 45.2 Å². The monoisotopic (exact) mass is 408 g/mol. The van der Waals surface area contributed by atoms with Gasteiger partial charge in [-0.05, 0) is 31.5 Å². The molecule has 0 aliphatic heterocycles. The highest BCUT2D eigenvalue weighted by atomic mass is 35.5. The lowest BCUT2D eigenvalue weighted by Gasteiger charge is -2.08. The maximum atomic E-state index is 12.3. The van der Waals surface area contributed by atoms with Gasteiger partial charge in [-0.1, -0.05) is 36.5 Å². The van der Waals surface area contributed by atoms with E-state index in [1.165, 1.54) is 18.2 Å². The van der Waals surface area contributed by atoms with Crippen molar-refractivity contribution in [1.29, 1.82) is 5.26 Å². The molecule has 2 aromatic rings. The molecule has 0 atom stereocenters. The summed E-state index contributed by atoms with van der Waals surface area (Å²) in [5.41, 5.74) is 1.06. The zero-order valence-corrected chi connectivity index (χ0v) is 16.4. The second-order valence-electron chi connectivity index (χ2n) is 5.75. The number of nitrogens with one attached hydrogen (secondary N) is 1. The zero-order valence-electron chi connectivity index (χ0n) is 14.9. The Morgan fingerprint density at radius 2 is 2.11 bits per heavy atom. The molecule has 1 aromatic heterocycles. The zero-order chi connectivity index (χ0) is 20.0. The third-order valence-corrected chi connectivity index (χ3v) is 4.32. The first-order chi connectivity index (χ1) is 12.9. The Kier molecular flexibility index (Phi) is 7.22. The predicted octanol–water partition coefficient (Wildman–Crippen LogP) is 3.97. The Balaban J connectivity index is 2.02. The van der Waals surface area contributed by atoms with Gasteiger partial charge in [-0.2, -0.15) is 10.4 Å². The van der Waals surface area contributed by atoms with Crippen LogP contribution >= 0.6 is 23.2 Å². The molecule has 1 heterocycles. The van der Waals surface area contributed by atoms with E-state index >= 15 is 0 Å². The van der Waals surface area contributed by atoms with Crippen LogP contribution in [0, 0.1) is 18.3 Å². The number of amides is 1. The summed E-state index contributed by atoms with van der Waals surface area (Å²) in [5.74, 6) is -1.34. The number of carbonyl (C=O) groups is 2. The molecule has 0 radical (unpaired) electrons. The molecule has 0 spiro atoms. The number of carbonyl (C=O) groups excluding carboxylic acids is 2. The SMILES string of the molecule is CCCCn1nc(C)c(C(=O)OCC(=O)Nc2cc(Cl)ccc2C#N)c1Cl. The average molecular weight is 409 g/mol. The van der Waals surface area contributed by atoms with E-state index in [1.807, 2.05) is 13.0 Å². The number of benzene rings is 1. The minimum absolute atomic E-state index is 0.140. The van der Waals surface area contributed by atoms with Crippen LogP contribution < -0.4 is 5.32 Å². The number of esters is 1. The number of hydrogen-bond donors (Lipinski definition) is 1. The molecule has 1 N–H and O–H groups in total. The number of nitrogens with zero attached hydrogens (tertiary/aromatic N) is 3. The lowest BCUT2D eigenvalue weighted by Crippen LogP contribution is -2.21. The molecule has 1 aromatic carbocycles. The number of halogens is 2. The molecule has 2 rings (SSSR count). The molecule has 27 heavy (non-hydrogen) atoms. The van der Waals surface area contributed by atoms with Crippen molar-refractivity contribution >= 4 is 40.8 Å². The van der Waals surface area contributed by atoms with Gasteiger partial charge < -0.3 is 10.1 Å². The fourth-order valence-corrected chi connectivity index (χ4v) is 2.86. The molecular weight excluding hydrogens is 391 g/mol. The standard InChI is InChI=1S/C18H18Cl2N4O3/c1-3-4-7-24-17(20)16(11(2)23-24)18(26)27-10-15(25)22-14-8-13(19)6-5-12(14)9-21/h5-6,8H,3-4,7,10H2,1-2H3,(H,22,25). The van der Waals surface area contributed by atoms with E-state index < -0.39 is 18.5 Å². The third-order valence-electron chi connectivity index (χ3n) is 3.70. The smallest absolute Gasteiger partial charge is 0.343 e. The summed E-state index contributed by atoms with van der Waals surface area (Å²) in [6, 6.07) is 6.41. The van der Waals surface area contributed by atoms with E-state index in [9.17, 15) is 9.59 Å². The molecule has 0 bridgehead atoms. The Labute approximate surface area is 166 Å². The second kappa shape index (κ2) is 9.40. The summed E-state index contributed by atoms with van der Waals surface area (Å²) in [6.07, 6.45) is 1.84. The average Bonchev–Trinajstić information content (AvgIpc) is 2.91. The molecule has 142 valence electrons. The topological polar surface area (TPSA) is 97.0 Å². The van der Waals surface area contributed by atoms with E-state index in [1.54, 1.807) is 11.6 Å². The molecule has 0 aliphatic carbocycles. The van der Waals surface area contributed by atoms with Gasteiger partial charge in [-0.15, -0.1) is 0 Å². The van der Waals surface area contributed by atoms with Gasteiger partial charge in [0, 0.05) is 11.6 Å². The molecular formula is C18H18Cl2N4O3. The Bertz CT molecular complexity index is 903. The van der Waals surface area contributed by atoms with Gasteiger partial charge in [-0.3, -0.25) is 9.48 Å². The molecule has 7 nitrogen and oxygen atoms in total. The molecule has 9 heteroatoms. The van der Waals surface area contributed by atoms with Crippen molar-refractivity contribution < 1.29 is 14.3 Å². The van der Waals surface area contributed by atoms with Crippen LogP contribution in [-0.4, -0.2) is 28.3 Å². The third kappa shape index (κ3) is 5.22. The number of rotatable bonds is 7. The van der Waals surface area contributed by atoms with E-state index in [0.717, 1.165) is 12.8 Å². The van der Waals surface area contributed by atoms with Crippen LogP contribution in [-0.2, 0) is 16.1 Å². The lowest BCUT2D eigenvalue weighted by atomic mass is 10.2. The number of nitriles is 1. The minimum Gasteiger partial charge on any atom is -0.452 e. The summed E-state index contributed by atoms with van der Waals surface area (Å²) in [5, 5.41) is 16.3. The highest BCUT2D eigenvalue weighted by Gasteiger charge is 2.22. The van der Waals surface area contributed by atoms with Crippen LogP contribution in [0.4, 0.5) is 5.69 Å². The Morgan fingerprint density at radius 3 is 2.78 bits per heavy atom. The molecule has 0 unspecified atom stereocenters. The van der Waals surface area contributed by atoms with Crippen molar-refractivity contribution in [2.24, 2.45) is 0 Å². The number of ether oxygens (including phenoxy) is 1. The van der Waals surface area contributed by atoms with Crippen molar-refractivity contribution in [3.8, 4) is 6.07 Å². The van der Waals surface area contributed by atoms with Crippen LogP contribution in [0.15, 0.2) is 18.2 Å². The van der Waals surface area contributed by atoms with E-state index in [0.29, 0.717) is 17.3 Å². The lowest BCUT2D eigenvalue weighted by molar-refractivity contribution is -0.119. The molecule has 1 amide bonds. The van der Waals surface area contributed by atoms with Gasteiger partial charge in [0.25, 0.3) is 5.91 Å². The summed E-state index contributed by atoms with van der Waals surface area (Å²) >= 11 is 12.1. The Morgan fingerprint density at radius 1 is 1.37 bits per heavy atom. The van der Waals surface area contributed by atoms with Crippen molar-refractivity contribution in [2.75, 3.05) is 11.9 Å². The van der Waals surface area contributed by atoms with Crippen LogP contribution in [0.1, 0.15) is 41.4 Å². The van der Waals surface area contributed by atoms with Crippen LogP contribution in [0.5, 0.6) is 0 Å². The number of hydrogen-bond acceptors (Lipinski definition) is 5. The number of aromatic nitrogens is 2. The number of anilines is 1. The van der Waals surface area contributed by atoms with Gasteiger partial charge in [0.15, 0.2) is 6.61 Å². The quantitative estimate of drug-likeness (QED) is 0.698. The maximum Gasteiger partial charge on any atom is 0.343 e. The van der Waals surface area contributed by atoms with Crippen molar-refractivity contribution in [3.63, 3.8) is 0 Å². The van der Waals surface area contributed by atoms with Gasteiger partial charge in [0.1, 0.15) is 16.8 Å². The van der Waals surface area contributed by atoms with E-state index in [2.05, 4.69) is 10.4 Å². The van der Waals surface area contributed by atoms with E-state index in [-0.39, 0.29) is 22.0 Å². The highest BCUT2D eigenvalue weighted by molar-refractivity contribution is 6.32. The highest BCUT2D eigenvalue weighted by Crippen LogP contribution is 2.22. The van der Waals surface area contributed by atoms with Gasteiger partial charge in [0.2, 0.25) is 0 Å². The Hall–Kier alpha value is -2.56. The minimum atomic E-state index is -0.734. The summed E-state index contributed by atoms with van der Waals surface area (Å²) in [6.45, 7) is 3.74. The molecule has 0 saturated heterocycles. The van der Waals surface area contributed by atoms with E-state index in [4.69, 9.17) is 33.2 Å². The van der Waals surface area contributed by atoms with Crippen molar-refractivity contribution in [2.45, 2.75) is 33.2 Å². The molecule has 0 aliphatic rings. The second-order valence-corrected chi connectivity index (χ2v) is 6.55. The maximum absolute atomic E-state index is 12.3. The van der Waals surface area contributed by atoms with Gasteiger partial charge >= 0.3 is 5.97 Å². The first-order valence-corrected chi connectivity index (χ1v) is 9.02. The number of aryl methyl sites for hydroxylation is 2. The van der Waals surface area contributed by atoms with Gasteiger partial charge in [0.05, 0.1) is 16.9 Å². The van der Waals surface area contributed by atoms with Gasteiger partial charge in [-0.25, -0.2) is 4.79 Å². The summed E-state index contributed by atoms with van der Waals surface area (Å²) in [4.78, 5) is 24.3. The first-order valence-electron chi connectivity index (χ1n) is 8.26. The largest absolute Gasteiger partial charge is 0.452 e. The fourth-order valence-electron chi connectivity index (χ4n) is 2.35.